The van der Waals surface area contributed by atoms with E-state index in [-0.39, 0.29) is 30.9 Å². The lowest BCUT2D eigenvalue weighted by Gasteiger charge is -2.32. The number of piperazine rings is 1. The number of nitrogens with zero attached hydrogens (tertiary/aromatic N) is 2. The molecule has 3 amide bonds. The van der Waals surface area contributed by atoms with Crippen molar-refractivity contribution >= 4 is 17.7 Å². The molecule has 0 bridgehead atoms. The molecule has 1 fully saturated rings. The Hall–Kier alpha value is -2.25. The molecule has 2 heterocycles. The molecule has 0 unspecified atom stereocenters. The first-order valence-corrected chi connectivity index (χ1v) is 8.79. The Kier molecular flexibility index (Phi) is 5.45. The van der Waals surface area contributed by atoms with Crippen LogP contribution >= 0.6 is 0 Å². The van der Waals surface area contributed by atoms with Gasteiger partial charge < -0.3 is 14.9 Å². The van der Waals surface area contributed by atoms with Crippen LogP contribution in [0, 0.1) is 0 Å². The maximum Gasteiger partial charge on any atom is 0.261 e. The van der Waals surface area contributed by atoms with Gasteiger partial charge in [-0.05, 0) is 18.6 Å². The molecule has 0 saturated carbocycles. The number of benzene rings is 1. The number of amides is 3. The Bertz CT molecular complexity index is 633. The minimum absolute atomic E-state index is 0.0691. The molecule has 134 valence electrons. The average Bonchev–Trinajstić information content (AvgIpc) is 2.88. The van der Waals surface area contributed by atoms with Crippen molar-refractivity contribution in [3.8, 4) is 0 Å². The van der Waals surface area contributed by atoms with E-state index in [9.17, 15) is 14.4 Å². The second kappa shape index (κ2) is 7.76. The summed E-state index contributed by atoms with van der Waals surface area (Å²) in [5.74, 6) is -0.469. The van der Waals surface area contributed by atoms with E-state index in [2.05, 4.69) is 0 Å². The molecule has 2 aliphatic heterocycles. The molecule has 7 nitrogen and oxygen atoms in total. The van der Waals surface area contributed by atoms with Crippen LogP contribution in [0.15, 0.2) is 24.3 Å². The summed E-state index contributed by atoms with van der Waals surface area (Å²) in [7, 11) is 0. The number of fused-ring (bicyclic) bond motifs is 1. The molecular formula is C18H24N3O4+. The van der Waals surface area contributed by atoms with Crippen molar-refractivity contribution in [1.82, 2.24) is 9.80 Å². The van der Waals surface area contributed by atoms with Gasteiger partial charge in [0.15, 0.2) is 0 Å². The number of rotatable bonds is 6. The first kappa shape index (κ1) is 17.6. The highest BCUT2D eigenvalue weighted by molar-refractivity contribution is 6.21. The Labute approximate surface area is 146 Å². The van der Waals surface area contributed by atoms with E-state index in [1.807, 2.05) is 4.90 Å². The molecule has 2 aliphatic rings. The Balaban J connectivity index is 1.45. The molecule has 0 aliphatic carbocycles. The second-order valence-electron chi connectivity index (χ2n) is 6.52. The number of quaternary nitrogens is 1. The van der Waals surface area contributed by atoms with E-state index < -0.39 is 0 Å². The molecule has 1 saturated heterocycles. The molecule has 0 aromatic heterocycles. The van der Waals surface area contributed by atoms with Crippen LogP contribution in [-0.2, 0) is 4.79 Å². The van der Waals surface area contributed by atoms with Crippen LogP contribution in [0.4, 0.5) is 0 Å². The molecule has 25 heavy (non-hydrogen) atoms. The van der Waals surface area contributed by atoms with E-state index in [0.29, 0.717) is 37.1 Å². The van der Waals surface area contributed by atoms with E-state index in [4.69, 9.17) is 5.11 Å². The first-order valence-electron chi connectivity index (χ1n) is 8.79. The average molecular weight is 346 g/mol. The van der Waals surface area contributed by atoms with E-state index in [1.54, 1.807) is 24.3 Å². The fraction of sp³-hybridized carbons (Fsp3) is 0.500. The second-order valence-corrected chi connectivity index (χ2v) is 6.52. The molecule has 1 aromatic carbocycles. The van der Waals surface area contributed by atoms with Crippen LogP contribution < -0.4 is 4.90 Å². The van der Waals surface area contributed by atoms with Gasteiger partial charge in [0.2, 0.25) is 5.91 Å². The maximum atomic E-state index is 12.3. The maximum absolute atomic E-state index is 12.3. The van der Waals surface area contributed by atoms with E-state index >= 15 is 0 Å². The Morgan fingerprint density at radius 2 is 1.68 bits per heavy atom. The zero-order valence-corrected chi connectivity index (χ0v) is 14.2. The van der Waals surface area contributed by atoms with Crippen molar-refractivity contribution in [2.45, 2.75) is 12.8 Å². The van der Waals surface area contributed by atoms with Crippen molar-refractivity contribution < 1.29 is 24.4 Å². The zero-order chi connectivity index (χ0) is 17.8. The van der Waals surface area contributed by atoms with Crippen LogP contribution in [0.2, 0.25) is 0 Å². The molecule has 0 radical (unpaired) electrons. The van der Waals surface area contributed by atoms with Crippen molar-refractivity contribution in [2.75, 3.05) is 45.9 Å². The van der Waals surface area contributed by atoms with Crippen LogP contribution in [0.5, 0.6) is 0 Å². The molecule has 0 atom stereocenters. The number of carbonyl (C=O) groups excluding carboxylic acids is 3. The number of aliphatic hydroxyl groups excluding tert-OH is 1. The third-order valence-electron chi connectivity index (χ3n) is 4.94. The van der Waals surface area contributed by atoms with Crippen molar-refractivity contribution in [1.29, 1.82) is 0 Å². The van der Waals surface area contributed by atoms with Gasteiger partial charge in [-0.2, -0.15) is 0 Å². The summed E-state index contributed by atoms with van der Waals surface area (Å²) < 4.78 is 0. The van der Waals surface area contributed by atoms with Crippen LogP contribution in [0.25, 0.3) is 0 Å². The SMILES string of the molecule is O=C(CCCN1C(=O)c2ccccc2C1=O)N1CC[NH+](CCO)CC1. The summed E-state index contributed by atoms with van der Waals surface area (Å²) in [5.41, 5.74) is 0.892. The summed E-state index contributed by atoms with van der Waals surface area (Å²) in [6.45, 7) is 4.26. The van der Waals surface area contributed by atoms with Crippen molar-refractivity contribution in [2.24, 2.45) is 0 Å². The predicted molar refractivity (Wildman–Crippen MR) is 90.3 cm³/mol. The van der Waals surface area contributed by atoms with Gasteiger partial charge in [-0.25, -0.2) is 0 Å². The number of imide groups is 1. The van der Waals surface area contributed by atoms with Gasteiger partial charge in [0.05, 0.1) is 43.9 Å². The van der Waals surface area contributed by atoms with Gasteiger partial charge in [-0.1, -0.05) is 12.1 Å². The Morgan fingerprint density at radius 1 is 1.08 bits per heavy atom. The fourth-order valence-electron chi connectivity index (χ4n) is 3.47. The van der Waals surface area contributed by atoms with Crippen LogP contribution in [0.3, 0.4) is 0 Å². The molecule has 3 rings (SSSR count). The minimum atomic E-state index is -0.269. The number of hydrogen-bond donors (Lipinski definition) is 2. The number of carbonyl (C=O) groups is 3. The highest BCUT2D eigenvalue weighted by Gasteiger charge is 2.34. The number of hydrogen-bond acceptors (Lipinski definition) is 4. The Morgan fingerprint density at radius 3 is 2.24 bits per heavy atom. The molecular weight excluding hydrogens is 322 g/mol. The third-order valence-corrected chi connectivity index (χ3v) is 4.94. The summed E-state index contributed by atoms with van der Waals surface area (Å²) in [4.78, 5) is 41.2. The monoisotopic (exact) mass is 346 g/mol. The lowest BCUT2D eigenvalue weighted by atomic mass is 10.1. The fourth-order valence-corrected chi connectivity index (χ4v) is 3.47. The van der Waals surface area contributed by atoms with Gasteiger partial charge >= 0.3 is 0 Å². The largest absolute Gasteiger partial charge is 0.391 e. The molecule has 7 heteroatoms. The third kappa shape index (κ3) is 3.72. The van der Waals surface area contributed by atoms with Gasteiger partial charge in [0.25, 0.3) is 11.8 Å². The molecule has 0 spiro atoms. The lowest BCUT2D eigenvalue weighted by Crippen LogP contribution is -3.15. The van der Waals surface area contributed by atoms with Crippen molar-refractivity contribution in [3.63, 3.8) is 0 Å². The summed E-state index contributed by atoms with van der Waals surface area (Å²) in [6, 6.07) is 6.81. The quantitative estimate of drug-likeness (QED) is 0.633. The van der Waals surface area contributed by atoms with E-state index in [1.165, 1.54) is 9.80 Å². The predicted octanol–water partition coefficient (Wildman–Crippen LogP) is -1.22. The lowest BCUT2D eigenvalue weighted by molar-refractivity contribution is -0.904. The van der Waals surface area contributed by atoms with Crippen LogP contribution in [-0.4, -0.2) is 78.5 Å². The molecule has 2 N–H and O–H groups in total. The smallest absolute Gasteiger partial charge is 0.261 e. The van der Waals surface area contributed by atoms with Gasteiger partial charge in [0, 0.05) is 13.0 Å². The van der Waals surface area contributed by atoms with Gasteiger partial charge in [0.1, 0.15) is 6.54 Å². The zero-order valence-electron chi connectivity index (χ0n) is 14.2. The van der Waals surface area contributed by atoms with Gasteiger partial charge in [-0.15, -0.1) is 0 Å². The first-order chi connectivity index (χ1) is 12.1. The number of aliphatic hydroxyl groups is 1. The summed E-state index contributed by atoms with van der Waals surface area (Å²) >= 11 is 0. The highest BCUT2D eigenvalue weighted by Crippen LogP contribution is 2.22. The topological polar surface area (TPSA) is 82.4 Å². The van der Waals surface area contributed by atoms with Crippen LogP contribution in [0.1, 0.15) is 33.6 Å². The van der Waals surface area contributed by atoms with Crippen molar-refractivity contribution in [3.05, 3.63) is 35.4 Å². The summed E-state index contributed by atoms with van der Waals surface area (Å²) in [5, 5.41) is 8.96. The normalized spacial score (nSPS) is 18.0. The molecule has 1 aromatic rings. The van der Waals surface area contributed by atoms with E-state index in [0.717, 1.165) is 19.6 Å². The standard InChI is InChI=1S/C18H23N3O4/c22-13-12-19-8-10-20(11-9-19)16(23)6-3-7-21-17(24)14-4-1-2-5-15(14)18(21)25/h1-2,4-5,22H,3,6-13H2/p+1. The number of nitrogens with one attached hydrogen (secondary N) is 1. The van der Waals surface area contributed by atoms with Gasteiger partial charge in [-0.3, -0.25) is 19.3 Å². The summed E-state index contributed by atoms with van der Waals surface area (Å²) in [6.07, 6.45) is 0.816. The minimum Gasteiger partial charge on any atom is -0.391 e. The highest BCUT2D eigenvalue weighted by atomic mass is 16.3.